The maximum atomic E-state index is 9.37. The summed E-state index contributed by atoms with van der Waals surface area (Å²) >= 11 is 1.80. The highest BCUT2D eigenvalue weighted by molar-refractivity contribution is 7.26. The Bertz CT molecular complexity index is 1210. The SMILES string of the molecule is OB(O)c1ccc2c(c1)[nH]c1ccc3c4ccccc4sc3c12. The minimum Gasteiger partial charge on any atom is -0.423 e. The molecule has 0 aliphatic carbocycles. The second kappa shape index (κ2) is 4.58. The van der Waals surface area contributed by atoms with E-state index in [-0.39, 0.29) is 0 Å². The number of fused-ring (bicyclic) bond motifs is 7. The highest BCUT2D eigenvalue weighted by Crippen LogP contribution is 2.40. The third kappa shape index (κ3) is 1.78. The number of rotatable bonds is 1. The van der Waals surface area contributed by atoms with Gasteiger partial charge in [-0.2, -0.15) is 0 Å². The van der Waals surface area contributed by atoms with Crippen molar-refractivity contribution in [3.63, 3.8) is 0 Å². The van der Waals surface area contributed by atoms with Gasteiger partial charge in [-0.25, -0.2) is 0 Å². The molecule has 0 unspecified atom stereocenters. The number of nitrogens with one attached hydrogen (secondary N) is 1. The third-order valence-electron chi connectivity index (χ3n) is 4.43. The molecule has 5 rings (SSSR count). The molecular weight excluding hydrogens is 305 g/mol. The van der Waals surface area contributed by atoms with Crippen molar-refractivity contribution in [1.82, 2.24) is 4.98 Å². The smallest absolute Gasteiger partial charge is 0.423 e. The van der Waals surface area contributed by atoms with E-state index in [1.54, 1.807) is 23.5 Å². The Hall–Kier alpha value is -2.34. The molecule has 5 aromatic rings. The van der Waals surface area contributed by atoms with Gasteiger partial charge in [0.15, 0.2) is 0 Å². The summed E-state index contributed by atoms with van der Waals surface area (Å²) in [5.74, 6) is 0. The van der Waals surface area contributed by atoms with Crippen molar-refractivity contribution >= 4 is 65.9 Å². The Kier molecular flexibility index (Phi) is 2.62. The van der Waals surface area contributed by atoms with E-state index in [2.05, 4.69) is 41.4 Å². The van der Waals surface area contributed by atoms with Crippen LogP contribution < -0.4 is 5.46 Å². The molecule has 0 atom stereocenters. The molecule has 0 aliphatic heterocycles. The molecule has 110 valence electrons. The van der Waals surface area contributed by atoms with E-state index in [1.165, 1.54) is 25.6 Å². The maximum Gasteiger partial charge on any atom is 0.488 e. The van der Waals surface area contributed by atoms with Gasteiger partial charge in [0.1, 0.15) is 0 Å². The standard InChI is InChI=1S/C18H12BNO2S/c21-19(22)10-5-6-13-15(9-10)20-14-8-7-12-11-3-1-2-4-16(11)23-18(12)17(13)14/h1-9,20-22H. The van der Waals surface area contributed by atoms with Crippen LogP contribution in [-0.4, -0.2) is 22.2 Å². The number of hydrogen-bond acceptors (Lipinski definition) is 3. The molecule has 0 radical (unpaired) electrons. The van der Waals surface area contributed by atoms with Crippen LogP contribution in [0.4, 0.5) is 0 Å². The highest BCUT2D eigenvalue weighted by atomic mass is 32.1. The van der Waals surface area contributed by atoms with Crippen LogP contribution in [0.25, 0.3) is 42.0 Å². The number of benzene rings is 3. The molecule has 0 bridgehead atoms. The van der Waals surface area contributed by atoms with Crippen LogP contribution in [0.3, 0.4) is 0 Å². The zero-order valence-corrected chi connectivity index (χ0v) is 12.9. The Labute approximate surface area is 135 Å². The molecule has 0 saturated heterocycles. The van der Waals surface area contributed by atoms with Crippen LogP contribution in [0.5, 0.6) is 0 Å². The minimum absolute atomic E-state index is 0.497. The third-order valence-corrected chi connectivity index (χ3v) is 5.63. The lowest BCUT2D eigenvalue weighted by Crippen LogP contribution is -2.29. The van der Waals surface area contributed by atoms with Gasteiger partial charge in [-0.05, 0) is 23.7 Å². The van der Waals surface area contributed by atoms with Crippen molar-refractivity contribution in [3.05, 3.63) is 54.6 Å². The van der Waals surface area contributed by atoms with Gasteiger partial charge >= 0.3 is 7.12 Å². The Morgan fingerprint density at radius 2 is 1.65 bits per heavy atom. The maximum absolute atomic E-state index is 9.37. The van der Waals surface area contributed by atoms with Crippen LogP contribution in [-0.2, 0) is 0 Å². The first-order valence-electron chi connectivity index (χ1n) is 7.44. The van der Waals surface area contributed by atoms with Crippen molar-refractivity contribution in [3.8, 4) is 0 Å². The lowest BCUT2D eigenvalue weighted by atomic mass is 9.80. The van der Waals surface area contributed by atoms with E-state index in [9.17, 15) is 10.0 Å². The quantitative estimate of drug-likeness (QED) is 0.415. The van der Waals surface area contributed by atoms with Gasteiger partial charge in [0.25, 0.3) is 0 Å². The molecule has 3 nitrogen and oxygen atoms in total. The monoisotopic (exact) mass is 317 g/mol. The number of aromatic nitrogens is 1. The zero-order chi connectivity index (χ0) is 15.6. The van der Waals surface area contributed by atoms with Gasteiger partial charge in [0, 0.05) is 42.0 Å². The number of aromatic amines is 1. The fraction of sp³-hybridized carbons (Fsp3) is 0. The van der Waals surface area contributed by atoms with Crippen molar-refractivity contribution in [2.45, 2.75) is 0 Å². The predicted molar refractivity (Wildman–Crippen MR) is 98.5 cm³/mol. The fourth-order valence-corrected chi connectivity index (χ4v) is 4.61. The van der Waals surface area contributed by atoms with Gasteiger partial charge < -0.3 is 15.0 Å². The highest BCUT2D eigenvalue weighted by Gasteiger charge is 2.15. The Morgan fingerprint density at radius 3 is 2.52 bits per heavy atom. The lowest BCUT2D eigenvalue weighted by molar-refractivity contribution is 0.426. The van der Waals surface area contributed by atoms with Gasteiger partial charge in [-0.1, -0.05) is 36.4 Å². The van der Waals surface area contributed by atoms with Crippen molar-refractivity contribution in [1.29, 1.82) is 0 Å². The molecule has 0 saturated carbocycles. The summed E-state index contributed by atoms with van der Waals surface area (Å²) in [6.07, 6.45) is 0. The van der Waals surface area contributed by atoms with Gasteiger partial charge in [-0.3, -0.25) is 0 Å². The second-order valence-electron chi connectivity index (χ2n) is 5.77. The van der Waals surface area contributed by atoms with E-state index in [0.717, 1.165) is 16.4 Å². The van der Waals surface area contributed by atoms with Crippen LogP contribution >= 0.6 is 11.3 Å². The topological polar surface area (TPSA) is 56.2 Å². The first-order valence-corrected chi connectivity index (χ1v) is 8.26. The molecule has 23 heavy (non-hydrogen) atoms. The summed E-state index contributed by atoms with van der Waals surface area (Å²) in [6, 6.07) is 18.3. The average Bonchev–Trinajstić information content (AvgIpc) is 3.11. The molecule has 3 aromatic carbocycles. The van der Waals surface area contributed by atoms with Gasteiger partial charge in [0.05, 0.1) is 0 Å². The van der Waals surface area contributed by atoms with Crippen LogP contribution in [0.15, 0.2) is 54.6 Å². The van der Waals surface area contributed by atoms with Crippen LogP contribution in [0, 0.1) is 0 Å². The molecule has 2 heterocycles. The number of hydrogen-bond donors (Lipinski definition) is 3. The second-order valence-corrected chi connectivity index (χ2v) is 6.82. The average molecular weight is 317 g/mol. The largest absolute Gasteiger partial charge is 0.488 e. The molecule has 0 aliphatic rings. The molecule has 3 N–H and O–H groups in total. The first-order chi connectivity index (χ1) is 11.2. The summed E-state index contributed by atoms with van der Waals surface area (Å²) in [5, 5.41) is 23.6. The molecular formula is C18H12BNO2S. The van der Waals surface area contributed by atoms with E-state index >= 15 is 0 Å². The van der Waals surface area contributed by atoms with Gasteiger partial charge in [-0.15, -0.1) is 11.3 Å². The molecule has 5 heteroatoms. The van der Waals surface area contributed by atoms with Crippen LogP contribution in [0.1, 0.15) is 0 Å². The van der Waals surface area contributed by atoms with E-state index < -0.39 is 7.12 Å². The van der Waals surface area contributed by atoms with Crippen molar-refractivity contribution in [2.75, 3.05) is 0 Å². The number of H-pyrrole nitrogens is 1. The Balaban J connectivity index is 1.97. The van der Waals surface area contributed by atoms with Gasteiger partial charge in [0.2, 0.25) is 0 Å². The van der Waals surface area contributed by atoms with E-state index in [0.29, 0.717) is 5.46 Å². The van der Waals surface area contributed by atoms with E-state index in [4.69, 9.17) is 0 Å². The van der Waals surface area contributed by atoms with E-state index in [1.807, 2.05) is 6.07 Å². The summed E-state index contributed by atoms with van der Waals surface area (Å²) in [7, 11) is -1.45. The summed E-state index contributed by atoms with van der Waals surface area (Å²) in [4.78, 5) is 3.39. The molecule has 0 fully saturated rings. The fourth-order valence-electron chi connectivity index (χ4n) is 3.35. The summed E-state index contributed by atoms with van der Waals surface area (Å²) in [5.41, 5.74) is 2.50. The van der Waals surface area contributed by atoms with Crippen molar-refractivity contribution < 1.29 is 10.0 Å². The van der Waals surface area contributed by atoms with Crippen molar-refractivity contribution in [2.24, 2.45) is 0 Å². The number of thiophene rings is 1. The normalized spacial score (nSPS) is 11.9. The van der Waals surface area contributed by atoms with Crippen LogP contribution in [0.2, 0.25) is 0 Å². The summed E-state index contributed by atoms with van der Waals surface area (Å²) < 4.78 is 2.55. The molecule has 2 aromatic heterocycles. The minimum atomic E-state index is -1.45. The molecule has 0 spiro atoms. The predicted octanol–water partition coefficient (Wildman–Crippen LogP) is 3.37. The zero-order valence-electron chi connectivity index (χ0n) is 12.1. The molecule has 0 amide bonds. The lowest BCUT2D eigenvalue weighted by Gasteiger charge is -1.99. The summed E-state index contributed by atoms with van der Waals surface area (Å²) in [6.45, 7) is 0. The first kappa shape index (κ1) is 13.1. The Morgan fingerprint density at radius 1 is 0.826 bits per heavy atom.